The maximum absolute atomic E-state index is 11.4. The minimum absolute atomic E-state index is 0.0248. The summed E-state index contributed by atoms with van der Waals surface area (Å²) in [7, 11) is 0. The van der Waals surface area contributed by atoms with Gasteiger partial charge in [0.15, 0.2) is 10.7 Å². The van der Waals surface area contributed by atoms with Crippen LogP contribution in [0.4, 0.5) is 0 Å². The van der Waals surface area contributed by atoms with E-state index in [0.29, 0.717) is 12.8 Å². The molecule has 0 spiro atoms. The molecular formula is C11H15N2O4+. The molecule has 0 bridgehead atoms. The summed E-state index contributed by atoms with van der Waals surface area (Å²) in [6.45, 7) is 1.72. The third kappa shape index (κ3) is 3.28. The molecule has 1 unspecified atom stereocenters. The second-order valence-corrected chi connectivity index (χ2v) is 3.88. The van der Waals surface area contributed by atoms with Gasteiger partial charge in [-0.3, -0.25) is 4.79 Å². The molecule has 1 aliphatic rings. The fourth-order valence-corrected chi connectivity index (χ4v) is 1.85. The van der Waals surface area contributed by atoms with Gasteiger partial charge in [-0.2, -0.15) is 0 Å². The highest BCUT2D eigenvalue weighted by Gasteiger charge is 2.34. The maximum atomic E-state index is 11.4. The average molecular weight is 239 g/mol. The third-order valence-corrected chi connectivity index (χ3v) is 2.71. The Morgan fingerprint density at radius 2 is 2.35 bits per heavy atom. The normalized spacial score (nSPS) is 20.7. The largest absolute Gasteiger partial charge is 0.505 e. The number of ether oxygens (including phenoxy) is 1. The third-order valence-electron chi connectivity index (χ3n) is 2.71. The van der Waals surface area contributed by atoms with E-state index in [2.05, 4.69) is 9.71 Å². The van der Waals surface area contributed by atoms with Crippen LogP contribution in [-0.4, -0.2) is 23.5 Å². The summed E-state index contributed by atoms with van der Waals surface area (Å²) in [6.07, 6.45) is 2.01. The molecule has 1 rings (SSSR count). The van der Waals surface area contributed by atoms with Crippen molar-refractivity contribution in [2.24, 2.45) is 5.92 Å². The molecule has 1 aliphatic carbocycles. The highest BCUT2D eigenvalue weighted by molar-refractivity contribution is 5.91. The van der Waals surface area contributed by atoms with E-state index in [1.165, 1.54) is 0 Å². The zero-order valence-electron chi connectivity index (χ0n) is 9.68. The van der Waals surface area contributed by atoms with Crippen LogP contribution in [0.5, 0.6) is 0 Å². The zero-order chi connectivity index (χ0) is 12.8. The quantitative estimate of drug-likeness (QED) is 0.350. The van der Waals surface area contributed by atoms with Crippen molar-refractivity contribution in [2.45, 2.75) is 32.6 Å². The Kier molecular flexibility index (Phi) is 4.64. The minimum Gasteiger partial charge on any atom is -0.505 e. The van der Waals surface area contributed by atoms with Gasteiger partial charge in [0.25, 0.3) is 0 Å². The van der Waals surface area contributed by atoms with Gasteiger partial charge >= 0.3 is 11.7 Å². The van der Waals surface area contributed by atoms with Gasteiger partial charge in [0.2, 0.25) is 5.39 Å². The van der Waals surface area contributed by atoms with Crippen LogP contribution in [0.15, 0.2) is 11.5 Å². The molecule has 6 heteroatoms. The Bertz CT molecular complexity index is 395. The number of aliphatic hydroxyl groups excluding tert-OH is 1. The van der Waals surface area contributed by atoms with E-state index in [9.17, 15) is 14.7 Å². The number of hydrogen-bond donors (Lipinski definition) is 1. The molecule has 0 heterocycles. The Morgan fingerprint density at radius 3 is 2.82 bits per heavy atom. The second kappa shape index (κ2) is 5.99. The molecule has 92 valence electrons. The molecule has 0 aromatic heterocycles. The summed E-state index contributed by atoms with van der Waals surface area (Å²) in [5, 5.41) is 18.3. The van der Waals surface area contributed by atoms with Crippen LogP contribution in [-0.2, 0) is 14.3 Å². The lowest BCUT2D eigenvalue weighted by Gasteiger charge is -2.04. The van der Waals surface area contributed by atoms with Crippen molar-refractivity contribution >= 4 is 11.8 Å². The molecule has 1 N–H and O–H groups in total. The molecule has 17 heavy (non-hydrogen) atoms. The molecule has 1 atom stereocenters. The van der Waals surface area contributed by atoms with Crippen molar-refractivity contribution in [1.29, 1.82) is 5.39 Å². The van der Waals surface area contributed by atoms with Crippen molar-refractivity contribution in [3.63, 3.8) is 0 Å². The molecular weight excluding hydrogens is 224 g/mol. The Balaban J connectivity index is 2.76. The SMILES string of the molecule is CCOC(=O)/C([N+]#N)=C(\O)CC1CCCC1=O. The van der Waals surface area contributed by atoms with Crippen molar-refractivity contribution in [3.8, 4) is 0 Å². The van der Waals surface area contributed by atoms with Crippen LogP contribution in [0, 0.1) is 11.3 Å². The fraction of sp³-hybridized carbons (Fsp3) is 0.636. The van der Waals surface area contributed by atoms with Crippen LogP contribution in [0.1, 0.15) is 32.6 Å². The van der Waals surface area contributed by atoms with Gasteiger partial charge < -0.3 is 9.84 Å². The second-order valence-electron chi connectivity index (χ2n) is 3.88. The van der Waals surface area contributed by atoms with E-state index >= 15 is 0 Å². The van der Waals surface area contributed by atoms with Gasteiger partial charge in [0, 0.05) is 18.8 Å². The maximum Gasteiger partial charge on any atom is 0.505 e. The fourth-order valence-electron chi connectivity index (χ4n) is 1.85. The Hall–Kier alpha value is -1.90. The van der Waals surface area contributed by atoms with E-state index in [0.717, 1.165) is 6.42 Å². The molecule has 0 radical (unpaired) electrons. The van der Waals surface area contributed by atoms with Crippen molar-refractivity contribution in [1.82, 2.24) is 0 Å². The van der Waals surface area contributed by atoms with Crippen LogP contribution >= 0.6 is 0 Å². The molecule has 0 aromatic carbocycles. The number of nitrogens with zero attached hydrogens (tertiary/aromatic N) is 2. The van der Waals surface area contributed by atoms with E-state index in [4.69, 9.17) is 5.39 Å². The summed E-state index contributed by atoms with van der Waals surface area (Å²) in [6, 6.07) is 0. The first-order valence-electron chi connectivity index (χ1n) is 5.57. The predicted octanol–water partition coefficient (Wildman–Crippen LogP) is 1.93. The highest BCUT2D eigenvalue weighted by atomic mass is 16.5. The van der Waals surface area contributed by atoms with Crippen LogP contribution in [0.3, 0.4) is 0 Å². The number of esters is 1. The van der Waals surface area contributed by atoms with Gasteiger partial charge in [-0.15, -0.1) is 0 Å². The molecule has 0 aliphatic heterocycles. The van der Waals surface area contributed by atoms with E-state index in [-0.39, 0.29) is 24.7 Å². The summed E-state index contributed by atoms with van der Waals surface area (Å²) in [5.74, 6) is -1.51. The number of rotatable bonds is 4. The zero-order valence-corrected chi connectivity index (χ0v) is 9.68. The smallest absolute Gasteiger partial charge is 0.505 e. The number of allylic oxidation sites excluding steroid dienone is 1. The summed E-state index contributed by atoms with van der Waals surface area (Å²) < 4.78 is 4.61. The Labute approximate surface area is 98.9 Å². The van der Waals surface area contributed by atoms with Crippen molar-refractivity contribution in [2.75, 3.05) is 6.61 Å². The summed E-state index contributed by atoms with van der Waals surface area (Å²) >= 11 is 0. The number of ketones is 1. The van der Waals surface area contributed by atoms with Gasteiger partial charge in [0.05, 0.1) is 6.61 Å². The van der Waals surface area contributed by atoms with Crippen LogP contribution in [0.2, 0.25) is 0 Å². The summed E-state index contributed by atoms with van der Waals surface area (Å²) in [4.78, 5) is 25.4. The van der Waals surface area contributed by atoms with Crippen LogP contribution in [0.25, 0.3) is 4.98 Å². The lowest BCUT2D eigenvalue weighted by Crippen LogP contribution is -2.12. The van der Waals surface area contributed by atoms with Crippen LogP contribution < -0.4 is 0 Å². The number of aliphatic hydroxyl groups is 1. The first-order chi connectivity index (χ1) is 8.10. The van der Waals surface area contributed by atoms with E-state index < -0.39 is 17.4 Å². The first kappa shape index (κ1) is 13.2. The topological polar surface area (TPSA) is 91.8 Å². The van der Waals surface area contributed by atoms with Gasteiger partial charge in [0.1, 0.15) is 5.78 Å². The molecule has 6 nitrogen and oxygen atoms in total. The van der Waals surface area contributed by atoms with Crippen molar-refractivity contribution < 1.29 is 19.4 Å². The van der Waals surface area contributed by atoms with Gasteiger partial charge in [-0.25, -0.2) is 4.79 Å². The lowest BCUT2D eigenvalue weighted by molar-refractivity contribution is -0.138. The molecule has 1 saturated carbocycles. The Morgan fingerprint density at radius 1 is 1.65 bits per heavy atom. The lowest BCUT2D eigenvalue weighted by atomic mass is 10.0. The average Bonchev–Trinajstić information content (AvgIpc) is 2.66. The number of hydrogen-bond acceptors (Lipinski definition) is 5. The van der Waals surface area contributed by atoms with Crippen molar-refractivity contribution in [3.05, 3.63) is 16.4 Å². The van der Waals surface area contributed by atoms with E-state index in [1.807, 2.05) is 0 Å². The summed E-state index contributed by atoms with van der Waals surface area (Å²) in [5.41, 5.74) is -0.522. The minimum atomic E-state index is -0.891. The standard InChI is InChI=1S/C11H14N2O4/c1-2-17-11(16)10(13-12)9(15)6-7-4-3-5-8(7)14/h7H,2-6H2,1H3/p+1. The molecule has 1 fully saturated rings. The van der Waals surface area contributed by atoms with E-state index in [1.54, 1.807) is 6.92 Å². The molecule has 0 amide bonds. The monoisotopic (exact) mass is 239 g/mol. The van der Waals surface area contributed by atoms with Gasteiger partial charge in [-0.1, -0.05) is 0 Å². The number of Topliss-reactive ketones (excluding diaryl/α,β-unsaturated/α-hetero) is 1. The number of diazo groups is 1. The number of carbonyl (C=O) groups is 2. The molecule has 0 saturated heterocycles. The first-order valence-corrected chi connectivity index (χ1v) is 5.57. The highest BCUT2D eigenvalue weighted by Crippen LogP contribution is 2.27. The predicted molar refractivity (Wildman–Crippen MR) is 58.3 cm³/mol. The molecule has 0 aromatic rings. The van der Waals surface area contributed by atoms with Gasteiger partial charge in [-0.05, 0) is 19.8 Å². The number of carbonyl (C=O) groups excluding carboxylic acids is 2.